The summed E-state index contributed by atoms with van der Waals surface area (Å²) < 4.78 is 19.8. The van der Waals surface area contributed by atoms with Crippen LogP contribution in [0.4, 0.5) is 4.39 Å². The van der Waals surface area contributed by atoms with Crippen LogP contribution in [0.5, 0.6) is 0 Å². The van der Waals surface area contributed by atoms with Crippen molar-refractivity contribution >= 4 is 18.2 Å². The van der Waals surface area contributed by atoms with E-state index in [0.29, 0.717) is 0 Å². The van der Waals surface area contributed by atoms with Crippen molar-refractivity contribution in [3.8, 4) is 0 Å². The third kappa shape index (κ3) is 5.76. The molecule has 1 aromatic rings. The third-order valence-corrected chi connectivity index (χ3v) is 3.02. The molecule has 0 fully saturated rings. The number of hydrogen-bond acceptors (Lipinski definition) is 5. The van der Waals surface area contributed by atoms with Gasteiger partial charge in [-0.2, -0.15) is 0 Å². The molecule has 0 saturated heterocycles. The number of H-pyrrole nitrogens is 1. The number of hydrogen-bond donors (Lipinski definition) is 2. The average molecular weight is 318 g/mol. The van der Waals surface area contributed by atoms with Crippen molar-refractivity contribution in [2.24, 2.45) is 5.92 Å². The topological polar surface area (TPSA) is 84.3 Å². The molecule has 1 aromatic heterocycles. The number of esters is 1. The molecule has 0 aromatic carbocycles. The molecule has 0 saturated carbocycles. The molecule has 2 N–H and O–H groups in total. The zero-order valence-electron chi connectivity index (χ0n) is 11.9. The van der Waals surface area contributed by atoms with E-state index < -0.39 is 24.1 Å². The highest BCUT2D eigenvalue weighted by atomic mass is 32.1. The summed E-state index contributed by atoms with van der Waals surface area (Å²) in [7, 11) is 0. The molecule has 21 heavy (non-hydrogen) atoms. The fraction of sp³-hybridized carbons (Fsp3) is 0.615. The average Bonchev–Trinajstić information content (AvgIpc) is 2.41. The van der Waals surface area contributed by atoms with Crippen molar-refractivity contribution in [2.45, 2.75) is 39.1 Å². The predicted molar refractivity (Wildman–Crippen MR) is 77.1 cm³/mol. The first-order valence-electron chi connectivity index (χ1n) is 6.61. The molecule has 1 heterocycles. The third-order valence-electron chi connectivity index (χ3n) is 2.78. The summed E-state index contributed by atoms with van der Waals surface area (Å²) in [6.45, 7) is 3.17. The van der Waals surface area contributed by atoms with Crippen molar-refractivity contribution in [1.29, 1.82) is 0 Å². The van der Waals surface area contributed by atoms with Gasteiger partial charge in [0.25, 0.3) is 0 Å². The lowest BCUT2D eigenvalue weighted by Gasteiger charge is -2.15. The van der Waals surface area contributed by atoms with E-state index in [9.17, 15) is 19.1 Å². The minimum Gasteiger partial charge on any atom is -0.463 e. The molecule has 2 atom stereocenters. The summed E-state index contributed by atoms with van der Waals surface area (Å²) >= 11 is 4.75. The Bertz CT molecular complexity index is 584. The van der Waals surface area contributed by atoms with E-state index in [1.54, 1.807) is 13.8 Å². The van der Waals surface area contributed by atoms with Gasteiger partial charge in [-0.25, -0.2) is 9.18 Å². The summed E-state index contributed by atoms with van der Waals surface area (Å²) in [5, 5.41) is 9.63. The van der Waals surface area contributed by atoms with Crippen LogP contribution in [0.15, 0.2) is 17.1 Å². The zero-order chi connectivity index (χ0) is 16.0. The monoisotopic (exact) mass is 318 g/mol. The van der Waals surface area contributed by atoms with Gasteiger partial charge in [-0.15, -0.1) is 0 Å². The van der Waals surface area contributed by atoms with E-state index in [1.807, 2.05) is 0 Å². The number of nitrogens with one attached hydrogen (secondary N) is 1. The van der Waals surface area contributed by atoms with Gasteiger partial charge in [-0.05, 0) is 12.5 Å². The predicted octanol–water partition coefficient (Wildman–Crippen LogP) is 1.71. The molecule has 118 valence electrons. The van der Waals surface area contributed by atoms with Gasteiger partial charge in [-0.1, -0.05) is 26.1 Å². The first-order valence-corrected chi connectivity index (χ1v) is 7.02. The first-order chi connectivity index (χ1) is 9.81. The second-order valence-corrected chi connectivity index (χ2v) is 5.41. The van der Waals surface area contributed by atoms with Gasteiger partial charge in [0.2, 0.25) is 0 Å². The molecule has 0 amide bonds. The molecule has 0 radical (unpaired) electrons. The molecular formula is C13H19FN2O4S. The number of alkyl halides is 1. The number of halogens is 1. The maximum absolute atomic E-state index is 13.9. The molecule has 6 nitrogen and oxygen atoms in total. The molecular weight excluding hydrogens is 299 g/mol. The first kappa shape index (κ1) is 17.5. The van der Waals surface area contributed by atoms with Crippen molar-refractivity contribution in [3.63, 3.8) is 0 Å². The molecule has 0 aliphatic heterocycles. The smallest absolute Gasteiger partial charge is 0.328 e. The Morgan fingerprint density at radius 3 is 2.76 bits per heavy atom. The minimum atomic E-state index is -1.58. The van der Waals surface area contributed by atoms with Crippen LogP contribution < -0.4 is 5.69 Å². The zero-order valence-corrected chi connectivity index (χ0v) is 12.7. The van der Waals surface area contributed by atoms with Crippen molar-refractivity contribution in [1.82, 2.24) is 9.55 Å². The van der Waals surface area contributed by atoms with Gasteiger partial charge in [0.1, 0.15) is 11.2 Å². The number of rotatable bonds is 7. The number of carbonyl (C=O) groups is 1. The normalized spacial score (nSPS) is 14.0. The second-order valence-electron chi connectivity index (χ2n) is 4.97. The molecule has 1 rings (SSSR count). The SMILES string of the molecule is CC(C)C(=O)OCC(O)CCC(F)n1ccc(=S)[nH]c1=O. The summed E-state index contributed by atoms with van der Waals surface area (Å²) in [6.07, 6.45) is -1.31. The summed E-state index contributed by atoms with van der Waals surface area (Å²) in [4.78, 5) is 25.0. The largest absolute Gasteiger partial charge is 0.463 e. The molecule has 2 unspecified atom stereocenters. The molecule has 0 aliphatic rings. The van der Waals surface area contributed by atoms with Crippen LogP contribution >= 0.6 is 12.2 Å². The lowest BCUT2D eigenvalue weighted by atomic mass is 10.2. The lowest BCUT2D eigenvalue weighted by molar-refractivity contribution is -0.150. The summed E-state index contributed by atoms with van der Waals surface area (Å²) in [5.74, 6) is -0.699. The fourth-order valence-electron chi connectivity index (χ4n) is 1.55. The fourth-order valence-corrected chi connectivity index (χ4v) is 1.69. The van der Waals surface area contributed by atoms with E-state index in [2.05, 4.69) is 4.98 Å². The minimum absolute atomic E-state index is 0.0641. The van der Waals surface area contributed by atoms with Crippen molar-refractivity contribution < 1.29 is 19.0 Å². The van der Waals surface area contributed by atoms with Crippen LogP contribution in [0.2, 0.25) is 0 Å². The molecule has 8 heteroatoms. The Kier molecular flexibility index (Phi) is 6.70. The highest BCUT2D eigenvalue weighted by Crippen LogP contribution is 2.14. The van der Waals surface area contributed by atoms with Crippen molar-refractivity contribution in [3.05, 3.63) is 27.4 Å². The maximum atomic E-state index is 13.9. The quantitative estimate of drug-likeness (QED) is 0.590. The van der Waals surface area contributed by atoms with E-state index in [1.165, 1.54) is 12.3 Å². The summed E-state index contributed by atoms with van der Waals surface area (Å²) in [5.41, 5.74) is -0.643. The Morgan fingerprint density at radius 2 is 2.19 bits per heavy atom. The standard InChI is InChI=1S/C13H19FN2O4S/c1-8(2)12(18)20-7-9(17)3-4-10(14)16-6-5-11(21)15-13(16)19/h5-6,8-10,17H,3-4,7H2,1-2H3,(H,15,19,21). The van der Waals surface area contributed by atoms with E-state index in [-0.39, 0.29) is 30.0 Å². The van der Waals surface area contributed by atoms with Crippen LogP contribution in [0.3, 0.4) is 0 Å². The Balaban J connectivity index is 2.45. The highest BCUT2D eigenvalue weighted by Gasteiger charge is 2.16. The maximum Gasteiger partial charge on any atom is 0.328 e. The molecule has 0 spiro atoms. The number of aromatic nitrogens is 2. The lowest BCUT2D eigenvalue weighted by Crippen LogP contribution is -2.26. The van der Waals surface area contributed by atoms with Gasteiger partial charge in [0.05, 0.1) is 12.0 Å². The Labute approximate surface area is 126 Å². The molecule has 0 aliphatic carbocycles. The van der Waals surface area contributed by atoms with E-state index in [0.717, 1.165) is 4.57 Å². The van der Waals surface area contributed by atoms with Gasteiger partial charge >= 0.3 is 11.7 Å². The highest BCUT2D eigenvalue weighted by molar-refractivity contribution is 7.71. The van der Waals surface area contributed by atoms with Gasteiger partial charge in [0.15, 0.2) is 6.30 Å². The number of aliphatic hydroxyl groups excluding tert-OH is 1. The number of ether oxygens (including phenoxy) is 1. The van der Waals surface area contributed by atoms with Crippen molar-refractivity contribution in [2.75, 3.05) is 6.61 Å². The Hall–Kier alpha value is -1.54. The molecule has 0 bridgehead atoms. The van der Waals surface area contributed by atoms with Crippen LogP contribution in [-0.2, 0) is 9.53 Å². The van der Waals surface area contributed by atoms with Gasteiger partial charge < -0.3 is 9.84 Å². The van der Waals surface area contributed by atoms with Crippen LogP contribution in [0, 0.1) is 10.6 Å². The number of aromatic amines is 1. The number of carbonyl (C=O) groups excluding carboxylic acids is 1. The van der Waals surface area contributed by atoms with Crippen LogP contribution in [0.25, 0.3) is 0 Å². The number of aliphatic hydroxyl groups is 1. The van der Waals surface area contributed by atoms with Crippen LogP contribution in [-0.4, -0.2) is 33.3 Å². The van der Waals surface area contributed by atoms with Crippen LogP contribution in [0.1, 0.15) is 33.0 Å². The van der Waals surface area contributed by atoms with E-state index >= 15 is 0 Å². The summed E-state index contributed by atoms with van der Waals surface area (Å²) in [6, 6.07) is 1.41. The van der Waals surface area contributed by atoms with Gasteiger partial charge in [-0.3, -0.25) is 14.3 Å². The van der Waals surface area contributed by atoms with E-state index in [4.69, 9.17) is 17.0 Å². The number of nitrogens with zero attached hydrogens (tertiary/aromatic N) is 1. The van der Waals surface area contributed by atoms with Gasteiger partial charge in [0, 0.05) is 12.6 Å². The Morgan fingerprint density at radius 1 is 1.52 bits per heavy atom. The second kappa shape index (κ2) is 8.04.